The molecule has 0 bridgehead atoms. The van der Waals surface area contributed by atoms with E-state index in [4.69, 9.17) is 27.9 Å². The van der Waals surface area contributed by atoms with Gasteiger partial charge in [-0.2, -0.15) is 0 Å². The molecule has 132 valence electrons. The number of hydrogen-bond acceptors (Lipinski definition) is 5. The summed E-state index contributed by atoms with van der Waals surface area (Å²) in [6.07, 6.45) is 1.46. The molecule has 1 aliphatic heterocycles. The third kappa shape index (κ3) is 4.39. The first-order valence-electron chi connectivity index (χ1n) is 7.96. The molecule has 25 heavy (non-hydrogen) atoms. The van der Waals surface area contributed by atoms with E-state index in [1.165, 1.54) is 6.20 Å². The quantitative estimate of drug-likeness (QED) is 0.882. The Kier molecular flexibility index (Phi) is 5.73. The smallest absolute Gasteiger partial charge is 0.272 e. The molecule has 2 heterocycles. The lowest BCUT2D eigenvalue weighted by atomic mass is 10.1. The van der Waals surface area contributed by atoms with Crippen molar-refractivity contribution in [1.29, 1.82) is 0 Å². The van der Waals surface area contributed by atoms with Gasteiger partial charge in [0.05, 0.1) is 30.5 Å². The maximum absolute atomic E-state index is 12.6. The Bertz CT molecular complexity index is 766. The summed E-state index contributed by atoms with van der Waals surface area (Å²) in [5.41, 5.74) is 1.06. The van der Waals surface area contributed by atoms with Crippen LogP contribution in [-0.4, -0.2) is 42.2 Å². The number of anilines is 1. The number of benzene rings is 1. The lowest BCUT2D eigenvalue weighted by Gasteiger charge is -2.27. The van der Waals surface area contributed by atoms with Crippen molar-refractivity contribution in [2.45, 2.75) is 13.0 Å². The van der Waals surface area contributed by atoms with Crippen molar-refractivity contribution in [3.63, 3.8) is 0 Å². The van der Waals surface area contributed by atoms with E-state index in [1.807, 2.05) is 30.0 Å². The molecular formula is C17H18Cl2N4O2. The minimum atomic E-state index is -0.352. The van der Waals surface area contributed by atoms with Gasteiger partial charge >= 0.3 is 0 Å². The average molecular weight is 381 g/mol. The number of amides is 1. The van der Waals surface area contributed by atoms with Crippen molar-refractivity contribution in [3.05, 3.63) is 51.8 Å². The first kappa shape index (κ1) is 17.9. The van der Waals surface area contributed by atoms with E-state index in [9.17, 15) is 4.79 Å². The Hall–Kier alpha value is -1.89. The van der Waals surface area contributed by atoms with E-state index in [1.54, 1.807) is 6.07 Å². The normalized spacial score (nSPS) is 15.7. The third-order valence-electron chi connectivity index (χ3n) is 3.94. The van der Waals surface area contributed by atoms with Crippen molar-refractivity contribution in [1.82, 2.24) is 15.3 Å². The van der Waals surface area contributed by atoms with Gasteiger partial charge in [0.25, 0.3) is 5.91 Å². The van der Waals surface area contributed by atoms with Gasteiger partial charge in [-0.25, -0.2) is 9.97 Å². The number of morpholine rings is 1. The van der Waals surface area contributed by atoms with Gasteiger partial charge in [0, 0.05) is 18.1 Å². The molecule has 1 amide bonds. The predicted molar refractivity (Wildman–Crippen MR) is 97.4 cm³/mol. The molecular weight excluding hydrogens is 363 g/mol. The molecule has 2 aromatic rings. The molecule has 0 spiro atoms. The molecule has 0 unspecified atom stereocenters. The highest BCUT2D eigenvalue weighted by Crippen LogP contribution is 2.20. The predicted octanol–water partition coefficient (Wildman–Crippen LogP) is 3.11. The number of nitrogens with zero attached hydrogens (tertiary/aromatic N) is 3. The van der Waals surface area contributed by atoms with Crippen LogP contribution in [0.15, 0.2) is 30.5 Å². The van der Waals surface area contributed by atoms with Crippen LogP contribution in [-0.2, 0) is 4.74 Å². The van der Waals surface area contributed by atoms with E-state index in [2.05, 4.69) is 15.3 Å². The molecule has 1 atom stereocenters. The number of carbonyl (C=O) groups is 1. The number of nitrogens with one attached hydrogen (secondary N) is 1. The molecule has 0 radical (unpaired) electrons. The molecule has 0 aliphatic carbocycles. The van der Waals surface area contributed by atoms with E-state index < -0.39 is 0 Å². The van der Waals surface area contributed by atoms with Crippen LogP contribution < -0.4 is 10.2 Å². The Morgan fingerprint density at radius 3 is 2.80 bits per heavy atom. The monoisotopic (exact) mass is 380 g/mol. The van der Waals surface area contributed by atoms with Gasteiger partial charge in [-0.3, -0.25) is 4.79 Å². The Morgan fingerprint density at radius 2 is 2.08 bits per heavy atom. The Balaban J connectivity index is 1.76. The highest BCUT2D eigenvalue weighted by molar-refractivity contribution is 6.33. The number of halogens is 2. The van der Waals surface area contributed by atoms with Crippen molar-refractivity contribution in [2.24, 2.45) is 0 Å². The molecule has 1 saturated heterocycles. The molecule has 3 rings (SSSR count). The summed E-state index contributed by atoms with van der Waals surface area (Å²) in [6, 6.07) is 7.11. The fourth-order valence-electron chi connectivity index (χ4n) is 2.56. The fourth-order valence-corrected chi connectivity index (χ4v) is 2.93. The SMILES string of the molecule is C[C@H](NC(=O)c1nc(N2CCOCC2)ncc1Cl)c1cccc(Cl)c1. The van der Waals surface area contributed by atoms with Gasteiger partial charge in [0.1, 0.15) is 0 Å². The zero-order valence-electron chi connectivity index (χ0n) is 13.7. The molecule has 1 N–H and O–H groups in total. The summed E-state index contributed by atoms with van der Waals surface area (Å²) in [6.45, 7) is 4.46. The summed E-state index contributed by atoms with van der Waals surface area (Å²) in [7, 11) is 0. The minimum Gasteiger partial charge on any atom is -0.378 e. The number of rotatable bonds is 4. The van der Waals surface area contributed by atoms with Crippen LogP contribution in [0.1, 0.15) is 29.0 Å². The first-order valence-corrected chi connectivity index (χ1v) is 8.72. The molecule has 0 saturated carbocycles. The average Bonchev–Trinajstić information content (AvgIpc) is 2.62. The largest absolute Gasteiger partial charge is 0.378 e. The zero-order valence-corrected chi connectivity index (χ0v) is 15.2. The summed E-state index contributed by atoms with van der Waals surface area (Å²) < 4.78 is 5.32. The van der Waals surface area contributed by atoms with Gasteiger partial charge < -0.3 is 15.0 Å². The number of carbonyl (C=O) groups excluding carboxylic acids is 1. The van der Waals surface area contributed by atoms with E-state index in [-0.39, 0.29) is 22.7 Å². The van der Waals surface area contributed by atoms with Crippen LogP contribution in [0, 0.1) is 0 Å². The van der Waals surface area contributed by atoms with Gasteiger partial charge in [-0.15, -0.1) is 0 Å². The van der Waals surface area contributed by atoms with Crippen LogP contribution in [0.25, 0.3) is 0 Å². The lowest BCUT2D eigenvalue weighted by molar-refractivity contribution is 0.0934. The van der Waals surface area contributed by atoms with Crippen LogP contribution in [0.3, 0.4) is 0 Å². The second-order valence-electron chi connectivity index (χ2n) is 5.72. The number of ether oxygens (including phenoxy) is 1. The van der Waals surface area contributed by atoms with E-state index in [0.29, 0.717) is 37.3 Å². The summed E-state index contributed by atoms with van der Waals surface area (Å²) in [5.74, 6) is 0.127. The summed E-state index contributed by atoms with van der Waals surface area (Å²) >= 11 is 12.1. The standard InChI is InChI=1S/C17H18Cl2N4O2/c1-11(12-3-2-4-13(18)9-12)21-16(24)15-14(19)10-20-17(22-15)23-5-7-25-8-6-23/h2-4,9-11H,5-8H2,1H3,(H,21,24)/t11-/m0/s1. The highest BCUT2D eigenvalue weighted by atomic mass is 35.5. The van der Waals surface area contributed by atoms with Crippen molar-refractivity contribution < 1.29 is 9.53 Å². The second-order valence-corrected chi connectivity index (χ2v) is 6.56. The fraction of sp³-hybridized carbons (Fsp3) is 0.353. The molecule has 1 fully saturated rings. The molecule has 1 aliphatic rings. The second kappa shape index (κ2) is 7.99. The molecule has 8 heteroatoms. The minimum absolute atomic E-state index is 0.159. The van der Waals surface area contributed by atoms with Crippen molar-refractivity contribution >= 4 is 35.1 Å². The van der Waals surface area contributed by atoms with E-state index >= 15 is 0 Å². The van der Waals surface area contributed by atoms with Crippen LogP contribution in [0.2, 0.25) is 10.0 Å². The van der Waals surface area contributed by atoms with E-state index in [0.717, 1.165) is 5.56 Å². The van der Waals surface area contributed by atoms with Gasteiger partial charge in [-0.05, 0) is 24.6 Å². The zero-order chi connectivity index (χ0) is 17.8. The van der Waals surface area contributed by atoms with Crippen LogP contribution in [0.4, 0.5) is 5.95 Å². The Labute approximate surface area is 156 Å². The van der Waals surface area contributed by atoms with Gasteiger partial charge in [0.2, 0.25) is 5.95 Å². The lowest BCUT2D eigenvalue weighted by Crippen LogP contribution is -2.38. The van der Waals surface area contributed by atoms with Crippen molar-refractivity contribution in [3.8, 4) is 0 Å². The summed E-state index contributed by atoms with van der Waals surface area (Å²) in [5, 5.41) is 3.73. The summed E-state index contributed by atoms with van der Waals surface area (Å²) in [4.78, 5) is 23.1. The van der Waals surface area contributed by atoms with Crippen LogP contribution >= 0.6 is 23.2 Å². The van der Waals surface area contributed by atoms with Crippen LogP contribution in [0.5, 0.6) is 0 Å². The first-order chi connectivity index (χ1) is 12.0. The number of hydrogen-bond donors (Lipinski definition) is 1. The molecule has 1 aromatic heterocycles. The highest BCUT2D eigenvalue weighted by Gasteiger charge is 2.20. The molecule has 6 nitrogen and oxygen atoms in total. The molecule has 1 aromatic carbocycles. The maximum atomic E-state index is 12.6. The van der Waals surface area contributed by atoms with Crippen molar-refractivity contribution in [2.75, 3.05) is 31.2 Å². The maximum Gasteiger partial charge on any atom is 0.272 e. The number of aromatic nitrogens is 2. The van der Waals surface area contributed by atoms with Gasteiger partial charge in [0.15, 0.2) is 5.69 Å². The third-order valence-corrected chi connectivity index (χ3v) is 4.45. The van der Waals surface area contributed by atoms with Gasteiger partial charge in [-0.1, -0.05) is 35.3 Å². The topological polar surface area (TPSA) is 67.4 Å². The Morgan fingerprint density at radius 1 is 1.32 bits per heavy atom.